The lowest BCUT2D eigenvalue weighted by molar-refractivity contribution is 0.0377. The summed E-state index contributed by atoms with van der Waals surface area (Å²) >= 11 is 5.50. The molecule has 7 heteroatoms. The van der Waals surface area contributed by atoms with Crippen molar-refractivity contribution in [3.63, 3.8) is 0 Å². The van der Waals surface area contributed by atoms with Gasteiger partial charge >= 0.3 is 5.69 Å². The number of hydrogen-bond donors (Lipinski definition) is 1. The summed E-state index contributed by atoms with van der Waals surface area (Å²) in [6.07, 6.45) is 4.71. The van der Waals surface area contributed by atoms with Crippen molar-refractivity contribution in [2.24, 2.45) is 0 Å². The van der Waals surface area contributed by atoms with Crippen LogP contribution in [-0.2, 0) is 0 Å². The Morgan fingerprint density at radius 1 is 1.20 bits per heavy atom. The Balaban J connectivity index is 2.01. The van der Waals surface area contributed by atoms with Gasteiger partial charge in [-0.1, -0.05) is 18.0 Å². The van der Waals surface area contributed by atoms with Crippen LogP contribution in [0.15, 0.2) is 9.59 Å². The van der Waals surface area contributed by atoms with E-state index in [0.717, 1.165) is 17.4 Å². The Morgan fingerprint density at radius 3 is 2.40 bits per heavy atom. The van der Waals surface area contributed by atoms with Crippen molar-refractivity contribution in [1.82, 2.24) is 14.5 Å². The Bertz CT molecular complexity index is 627. The van der Waals surface area contributed by atoms with Gasteiger partial charge in [0.05, 0.1) is 0 Å². The van der Waals surface area contributed by atoms with Crippen LogP contribution in [-0.4, -0.2) is 33.6 Å². The van der Waals surface area contributed by atoms with E-state index in [9.17, 15) is 14.0 Å². The second-order valence-corrected chi connectivity index (χ2v) is 6.14. The highest BCUT2D eigenvalue weighted by molar-refractivity contribution is 6.29. The summed E-state index contributed by atoms with van der Waals surface area (Å²) in [5.74, 6) is -1.07. The maximum atomic E-state index is 13.6. The van der Waals surface area contributed by atoms with Gasteiger partial charge in [-0.05, 0) is 32.7 Å². The van der Waals surface area contributed by atoms with Gasteiger partial charge in [0.25, 0.3) is 5.56 Å². The molecule has 2 bridgehead atoms. The minimum absolute atomic E-state index is 0.246. The summed E-state index contributed by atoms with van der Waals surface area (Å²) in [5.41, 5.74) is -1.53. The number of piperidine rings is 2. The molecule has 0 radical (unpaired) electrons. The van der Waals surface area contributed by atoms with Gasteiger partial charge in [0, 0.05) is 18.1 Å². The Kier molecular flexibility index (Phi) is 3.46. The Labute approximate surface area is 120 Å². The van der Waals surface area contributed by atoms with Crippen molar-refractivity contribution in [2.75, 3.05) is 7.05 Å². The zero-order chi connectivity index (χ0) is 14.4. The van der Waals surface area contributed by atoms with Crippen LogP contribution >= 0.6 is 11.6 Å². The third kappa shape index (κ3) is 2.11. The molecule has 2 saturated heterocycles. The van der Waals surface area contributed by atoms with Crippen LogP contribution in [0.1, 0.15) is 38.1 Å². The maximum absolute atomic E-state index is 13.6. The SMILES string of the molecule is CN1C2CCCC1CC(n1c(=O)[nH]c(Cl)c(F)c1=O)C2. The minimum atomic E-state index is -1.07. The van der Waals surface area contributed by atoms with Gasteiger partial charge in [-0.2, -0.15) is 4.39 Å². The van der Waals surface area contributed by atoms with Crippen LogP contribution in [0.5, 0.6) is 0 Å². The molecular formula is C13H17ClFN3O2. The first-order valence-corrected chi connectivity index (χ1v) is 7.28. The Morgan fingerprint density at radius 2 is 1.80 bits per heavy atom. The molecule has 1 aromatic heterocycles. The van der Waals surface area contributed by atoms with Gasteiger partial charge in [-0.3, -0.25) is 14.3 Å². The number of nitrogens with zero attached hydrogens (tertiary/aromatic N) is 2. The second-order valence-electron chi connectivity index (χ2n) is 5.76. The van der Waals surface area contributed by atoms with Crippen molar-refractivity contribution >= 4 is 11.6 Å². The first kappa shape index (κ1) is 13.8. The largest absolute Gasteiger partial charge is 0.329 e. The van der Waals surface area contributed by atoms with Gasteiger partial charge in [-0.25, -0.2) is 4.79 Å². The van der Waals surface area contributed by atoms with Crippen molar-refractivity contribution in [2.45, 2.75) is 50.2 Å². The number of fused-ring (bicyclic) bond motifs is 2. The zero-order valence-corrected chi connectivity index (χ0v) is 12.0. The lowest BCUT2D eigenvalue weighted by Gasteiger charge is -2.47. The van der Waals surface area contributed by atoms with E-state index in [1.54, 1.807) is 0 Å². The van der Waals surface area contributed by atoms with Gasteiger partial charge in [0.2, 0.25) is 5.82 Å². The number of nitrogens with one attached hydrogen (secondary N) is 1. The average Bonchev–Trinajstić information content (AvgIpc) is 2.37. The smallest absolute Gasteiger partial charge is 0.300 e. The normalized spacial score (nSPS) is 30.4. The summed E-state index contributed by atoms with van der Waals surface area (Å²) in [6.45, 7) is 0. The molecule has 1 N–H and O–H groups in total. The van der Waals surface area contributed by atoms with E-state index < -0.39 is 22.2 Å². The monoisotopic (exact) mass is 301 g/mol. The number of hydrogen-bond acceptors (Lipinski definition) is 3. The highest BCUT2D eigenvalue weighted by Crippen LogP contribution is 2.37. The molecule has 0 aliphatic carbocycles. The summed E-state index contributed by atoms with van der Waals surface area (Å²) in [6, 6.07) is 0.472. The molecule has 0 amide bonds. The fourth-order valence-electron chi connectivity index (χ4n) is 3.63. The number of aromatic amines is 1. The first-order valence-electron chi connectivity index (χ1n) is 6.90. The van der Waals surface area contributed by atoms with E-state index in [0.29, 0.717) is 24.9 Å². The number of rotatable bonds is 1. The molecule has 20 heavy (non-hydrogen) atoms. The number of halogens is 2. The zero-order valence-electron chi connectivity index (χ0n) is 11.2. The third-order valence-corrected chi connectivity index (χ3v) is 4.98. The van der Waals surface area contributed by atoms with Crippen LogP contribution < -0.4 is 11.2 Å². The van der Waals surface area contributed by atoms with Gasteiger partial charge in [0.1, 0.15) is 0 Å². The lowest BCUT2D eigenvalue weighted by atomic mass is 9.82. The van der Waals surface area contributed by atoms with E-state index in [1.165, 1.54) is 6.42 Å². The highest BCUT2D eigenvalue weighted by Gasteiger charge is 2.37. The molecule has 5 nitrogen and oxygen atoms in total. The molecule has 3 rings (SSSR count). The highest BCUT2D eigenvalue weighted by atomic mass is 35.5. The third-order valence-electron chi connectivity index (χ3n) is 4.71. The van der Waals surface area contributed by atoms with Crippen LogP contribution in [0.3, 0.4) is 0 Å². The van der Waals surface area contributed by atoms with E-state index >= 15 is 0 Å². The Hall–Kier alpha value is -1.14. The van der Waals surface area contributed by atoms with E-state index in [-0.39, 0.29) is 6.04 Å². The molecule has 1 aromatic rings. The van der Waals surface area contributed by atoms with Crippen LogP contribution in [0, 0.1) is 5.82 Å². The number of H-pyrrole nitrogens is 1. The summed E-state index contributed by atoms with van der Waals surface area (Å²) in [7, 11) is 2.08. The molecule has 0 saturated carbocycles. The predicted molar refractivity (Wildman–Crippen MR) is 73.8 cm³/mol. The molecule has 2 aliphatic heterocycles. The van der Waals surface area contributed by atoms with Crippen molar-refractivity contribution < 1.29 is 4.39 Å². The fourth-order valence-corrected chi connectivity index (χ4v) is 3.79. The maximum Gasteiger partial charge on any atom is 0.329 e. The lowest BCUT2D eigenvalue weighted by Crippen LogP contribution is -2.53. The molecule has 0 spiro atoms. The summed E-state index contributed by atoms with van der Waals surface area (Å²) < 4.78 is 14.7. The first-order chi connectivity index (χ1) is 9.49. The number of aromatic nitrogens is 2. The van der Waals surface area contributed by atoms with E-state index in [1.807, 2.05) is 0 Å². The van der Waals surface area contributed by atoms with E-state index in [4.69, 9.17) is 11.6 Å². The van der Waals surface area contributed by atoms with Crippen LogP contribution in [0.25, 0.3) is 0 Å². The molecule has 0 aromatic carbocycles. The summed E-state index contributed by atoms with van der Waals surface area (Å²) in [5, 5.41) is -0.510. The molecule has 2 atom stereocenters. The fraction of sp³-hybridized carbons (Fsp3) is 0.692. The van der Waals surface area contributed by atoms with E-state index in [2.05, 4.69) is 16.9 Å². The molecule has 110 valence electrons. The second kappa shape index (κ2) is 5.00. The quantitative estimate of drug-likeness (QED) is 0.800. The average molecular weight is 302 g/mol. The van der Waals surface area contributed by atoms with Gasteiger partial charge in [0.15, 0.2) is 5.15 Å². The van der Waals surface area contributed by atoms with Gasteiger partial charge < -0.3 is 4.90 Å². The minimum Gasteiger partial charge on any atom is -0.300 e. The molecule has 2 fully saturated rings. The molecule has 3 heterocycles. The summed E-state index contributed by atoms with van der Waals surface area (Å²) in [4.78, 5) is 28.5. The topological polar surface area (TPSA) is 58.1 Å². The molecule has 2 unspecified atom stereocenters. The molecular weight excluding hydrogens is 285 g/mol. The predicted octanol–water partition coefficient (Wildman–Crippen LogP) is 1.52. The van der Waals surface area contributed by atoms with Crippen molar-refractivity contribution in [3.8, 4) is 0 Å². The van der Waals surface area contributed by atoms with Crippen LogP contribution in [0.4, 0.5) is 4.39 Å². The standard InChI is InChI=1S/C13H17ClFN3O2/c1-17-7-3-2-4-8(17)6-9(5-7)18-12(19)10(15)11(14)16-13(18)20/h7-9H,2-6H2,1H3,(H,16,20). The molecule has 2 aliphatic rings. The van der Waals surface area contributed by atoms with Crippen molar-refractivity contribution in [3.05, 3.63) is 31.8 Å². The van der Waals surface area contributed by atoms with Crippen molar-refractivity contribution in [1.29, 1.82) is 0 Å². The van der Waals surface area contributed by atoms with Gasteiger partial charge in [-0.15, -0.1) is 0 Å². The van der Waals surface area contributed by atoms with Crippen LogP contribution in [0.2, 0.25) is 5.15 Å².